The Balaban J connectivity index is 1.52. The summed E-state index contributed by atoms with van der Waals surface area (Å²) in [7, 11) is 0. The zero-order valence-electron chi connectivity index (χ0n) is 18.1. The van der Waals surface area contributed by atoms with Gasteiger partial charge in [0.2, 0.25) is 0 Å². The minimum atomic E-state index is -4.10. The zero-order valence-corrected chi connectivity index (χ0v) is 18.1. The summed E-state index contributed by atoms with van der Waals surface area (Å²) in [5.74, 6) is 2.59. The van der Waals surface area contributed by atoms with Crippen molar-refractivity contribution in [2.24, 2.45) is 11.8 Å². The standard InChI is InChI=1S/C25H39F3O/c1-2-3-4-8-21-11-13-22(14-12-21)9-5-6-10-23-15-17-24(18-16-23)29-20-7-19-25(26,27)28/h15-18,21-22H,2-14,19-20H2,1H3/t21-,22-. The predicted octanol–water partition coefficient (Wildman–Crippen LogP) is 8.51. The fraction of sp³-hybridized carbons (Fsp3) is 0.760. The lowest BCUT2D eigenvalue weighted by atomic mass is 9.78. The number of alkyl halides is 3. The van der Waals surface area contributed by atoms with E-state index in [1.54, 1.807) is 0 Å². The molecule has 166 valence electrons. The number of hydrogen-bond donors (Lipinski definition) is 0. The van der Waals surface area contributed by atoms with Crippen molar-refractivity contribution in [3.05, 3.63) is 29.8 Å². The molecule has 0 unspecified atom stereocenters. The van der Waals surface area contributed by atoms with Crippen molar-refractivity contribution >= 4 is 0 Å². The molecule has 0 aromatic heterocycles. The summed E-state index contributed by atoms with van der Waals surface area (Å²) in [6.45, 7) is 2.39. The molecule has 0 aliphatic heterocycles. The molecule has 1 aliphatic rings. The molecule has 1 aliphatic carbocycles. The maximum absolute atomic E-state index is 12.1. The number of ether oxygens (including phenoxy) is 1. The van der Waals surface area contributed by atoms with E-state index in [0.29, 0.717) is 5.75 Å². The summed E-state index contributed by atoms with van der Waals surface area (Å²) >= 11 is 0. The Kier molecular flexibility index (Phi) is 10.9. The van der Waals surface area contributed by atoms with Gasteiger partial charge in [-0.05, 0) is 48.8 Å². The normalized spacial score (nSPS) is 20.0. The maximum Gasteiger partial charge on any atom is 0.389 e. The zero-order chi connectivity index (χ0) is 21.0. The van der Waals surface area contributed by atoms with E-state index < -0.39 is 12.6 Å². The summed E-state index contributed by atoms with van der Waals surface area (Å²) in [5, 5.41) is 0. The molecule has 0 radical (unpaired) electrons. The Labute approximate surface area is 175 Å². The summed E-state index contributed by atoms with van der Waals surface area (Å²) in [5.41, 5.74) is 1.28. The third-order valence-electron chi connectivity index (χ3n) is 6.31. The lowest BCUT2D eigenvalue weighted by Crippen LogP contribution is -2.14. The first-order valence-corrected chi connectivity index (χ1v) is 11.7. The number of rotatable bonds is 13. The second kappa shape index (κ2) is 13.2. The largest absolute Gasteiger partial charge is 0.494 e. The summed E-state index contributed by atoms with van der Waals surface area (Å²) in [6.07, 6.45) is 11.4. The molecular formula is C25H39F3O. The van der Waals surface area contributed by atoms with E-state index in [2.05, 4.69) is 6.92 Å². The highest BCUT2D eigenvalue weighted by Gasteiger charge is 2.26. The number of unbranched alkanes of at least 4 members (excludes halogenated alkanes) is 3. The fourth-order valence-corrected chi connectivity index (χ4v) is 4.47. The average molecular weight is 413 g/mol. The predicted molar refractivity (Wildman–Crippen MR) is 114 cm³/mol. The highest BCUT2D eigenvalue weighted by atomic mass is 19.4. The summed E-state index contributed by atoms with van der Waals surface area (Å²) < 4.78 is 41.8. The molecule has 0 spiro atoms. The molecule has 1 nitrogen and oxygen atoms in total. The topological polar surface area (TPSA) is 9.23 Å². The first-order chi connectivity index (χ1) is 14.0. The maximum atomic E-state index is 12.1. The van der Waals surface area contributed by atoms with Crippen LogP contribution in [-0.2, 0) is 6.42 Å². The molecule has 0 saturated heterocycles. The molecule has 2 rings (SSSR count). The molecule has 0 heterocycles. The number of aryl methyl sites for hydroxylation is 1. The van der Waals surface area contributed by atoms with E-state index in [9.17, 15) is 13.2 Å². The van der Waals surface area contributed by atoms with Crippen LogP contribution in [0.2, 0.25) is 0 Å². The van der Waals surface area contributed by atoms with Crippen LogP contribution in [-0.4, -0.2) is 12.8 Å². The molecular weight excluding hydrogens is 373 g/mol. The quantitative estimate of drug-likeness (QED) is 0.295. The van der Waals surface area contributed by atoms with Crippen LogP contribution in [0, 0.1) is 11.8 Å². The van der Waals surface area contributed by atoms with Gasteiger partial charge in [0, 0.05) is 6.42 Å². The molecule has 1 aromatic carbocycles. The van der Waals surface area contributed by atoms with Crippen LogP contribution in [0.3, 0.4) is 0 Å². The van der Waals surface area contributed by atoms with Gasteiger partial charge in [0.15, 0.2) is 0 Å². The van der Waals surface area contributed by atoms with Crippen molar-refractivity contribution in [1.29, 1.82) is 0 Å². The molecule has 29 heavy (non-hydrogen) atoms. The number of hydrogen-bond acceptors (Lipinski definition) is 1. The van der Waals surface area contributed by atoms with Crippen molar-refractivity contribution in [2.45, 2.75) is 103 Å². The van der Waals surface area contributed by atoms with Crippen molar-refractivity contribution in [3.63, 3.8) is 0 Å². The number of halogens is 3. The lowest BCUT2D eigenvalue weighted by molar-refractivity contribution is -0.136. The first-order valence-electron chi connectivity index (χ1n) is 11.7. The van der Waals surface area contributed by atoms with Crippen LogP contribution in [0.1, 0.15) is 96.0 Å². The Morgan fingerprint density at radius 3 is 1.97 bits per heavy atom. The van der Waals surface area contributed by atoms with E-state index in [4.69, 9.17) is 4.74 Å². The molecule has 0 N–H and O–H groups in total. The first kappa shape index (κ1) is 24.1. The van der Waals surface area contributed by atoms with Crippen LogP contribution in [0.5, 0.6) is 5.75 Å². The third kappa shape index (κ3) is 11.0. The smallest absolute Gasteiger partial charge is 0.389 e. The van der Waals surface area contributed by atoms with Gasteiger partial charge in [0.05, 0.1) is 6.61 Å². The molecule has 0 bridgehead atoms. The van der Waals surface area contributed by atoms with E-state index >= 15 is 0 Å². The van der Waals surface area contributed by atoms with Gasteiger partial charge in [-0.3, -0.25) is 0 Å². The van der Waals surface area contributed by atoms with E-state index in [-0.39, 0.29) is 13.0 Å². The molecule has 0 amide bonds. The van der Waals surface area contributed by atoms with Gasteiger partial charge in [-0.1, -0.05) is 83.3 Å². The number of benzene rings is 1. The molecule has 1 fully saturated rings. The van der Waals surface area contributed by atoms with Crippen LogP contribution in [0.15, 0.2) is 24.3 Å². The van der Waals surface area contributed by atoms with E-state index in [0.717, 1.165) is 18.3 Å². The van der Waals surface area contributed by atoms with E-state index in [1.807, 2.05) is 24.3 Å². The Hall–Kier alpha value is -1.19. The van der Waals surface area contributed by atoms with Crippen molar-refractivity contribution < 1.29 is 17.9 Å². The van der Waals surface area contributed by atoms with Gasteiger partial charge in [-0.15, -0.1) is 0 Å². The Morgan fingerprint density at radius 2 is 1.41 bits per heavy atom. The molecule has 1 saturated carbocycles. The van der Waals surface area contributed by atoms with Crippen LogP contribution >= 0.6 is 0 Å². The Morgan fingerprint density at radius 1 is 0.828 bits per heavy atom. The van der Waals surface area contributed by atoms with Gasteiger partial charge < -0.3 is 4.74 Å². The van der Waals surface area contributed by atoms with Gasteiger partial charge in [-0.25, -0.2) is 0 Å². The van der Waals surface area contributed by atoms with Gasteiger partial charge in [0.1, 0.15) is 5.75 Å². The van der Waals surface area contributed by atoms with Crippen LogP contribution in [0.25, 0.3) is 0 Å². The van der Waals surface area contributed by atoms with Crippen molar-refractivity contribution in [1.82, 2.24) is 0 Å². The highest BCUT2D eigenvalue weighted by molar-refractivity contribution is 5.27. The van der Waals surface area contributed by atoms with E-state index in [1.165, 1.54) is 76.2 Å². The van der Waals surface area contributed by atoms with Crippen LogP contribution < -0.4 is 4.74 Å². The molecule has 0 atom stereocenters. The van der Waals surface area contributed by atoms with Gasteiger partial charge in [-0.2, -0.15) is 13.2 Å². The van der Waals surface area contributed by atoms with Crippen molar-refractivity contribution in [3.8, 4) is 5.75 Å². The SMILES string of the molecule is CCCCC[C@H]1CC[C@H](CCCCc2ccc(OCCCC(F)(F)F)cc2)CC1. The van der Waals surface area contributed by atoms with Crippen molar-refractivity contribution in [2.75, 3.05) is 6.61 Å². The minimum Gasteiger partial charge on any atom is -0.494 e. The monoisotopic (exact) mass is 412 g/mol. The summed E-state index contributed by atoms with van der Waals surface area (Å²) in [6, 6.07) is 7.84. The molecule has 4 heteroatoms. The minimum absolute atomic E-state index is 0.00586. The average Bonchev–Trinajstić information content (AvgIpc) is 2.70. The van der Waals surface area contributed by atoms with Gasteiger partial charge >= 0.3 is 6.18 Å². The second-order valence-electron chi connectivity index (χ2n) is 8.84. The molecule has 1 aromatic rings. The van der Waals surface area contributed by atoms with Crippen LogP contribution in [0.4, 0.5) is 13.2 Å². The van der Waals surface area contributed by atoms with Gasteiger partial charge in [0.25, 0.3) is 0 Å². The highest BCUT2D eigenvalue weighted by Crippen LogP contribution is 2.34. The second-order valence-corrected chi connectivity index (χ2v) is 8.84. The lowest BCUT2D eigenvalue weighted by Gasteiger charge is -2.28. The Bertz CT molecular complexity index is 530. The third-order valence-corrected chi connectivity index (χ3v) is 6.31. The fourth-order valence-electron chi connectivity index (χ4n) is 4.47. The summed E-state index contributed by atoms with van der Waals surface area (Å²) in [4.78, 5) is 0.